The van der Waals surface area contributed by atoms with Gasteiger partial charge in [-0.15, -0.1) is 0 Å². The van der Waals surface area contributed by atoms with Gasteiger partial charge in [0.2, 0.25) is 0 Å². The van der Waals surface area contributed by atoms with Gasteiger partial charge in [-0.05, 0) is 24.9 Å². The summed E-state index contributed by atoms with van der Waals surface area (Å²) in [5.41, 5.74) is 5.07. The van der Waals surface area contributed by atoms with Crippen molar-refractivity contribution < 1.29 is 8.76 Å². The molecule has 0 spiro atoms. The second kappa shape index (κ2) is 1.90. The Morgan fingerprint density at radius 1 is 1.71 bits per heavy atom. The highest BCUT2D eigenvalue weighted by atomic mass is 32.2. The van der Waals surface area contributed by atoms with E-state index in [0.717, 1.165) is 0 Å². The molecule has 1 atom stereocenters. The maximum atomic E-state index is 9.90. The molecule has 0 aromatic rings. The van der Waals surface area contributed by atoms with Gasteiger partial charge in [-0.3, -0.25) is 4.21 Å². The van der Waals surface area contributed by atoms with Crippen molar-refractivity contribution in [1.82, 2.24) is 0 Å². The van der Waals surface area contributed by atoms with E-state index >= 15 is 0 Å². The fourth-order valence-electron chi connectivity index (χ4n) is 0. The first-order chi connectivity index (χ1) is 2.94. The summed E-state index contributed by atoms with van der Waals surface area (Å²) in [6, 6.07) is 0. The fraction of sp³-hybridized carbons (Fsp3) is 1.00. The van der Waals surface area contributed by atoms with Crippen molar-refractivity contribution >= 4 is 11.1 Å². The molecule has 7 heavy (non-hydrogen) atoms. The van der Waals surface area contributed by atoms with E-state index in [1.807, 2.05) is 0 Å². The molecule has 0 heterocycles. The summed E-state index contributed by atoms with van der Waals surface area (Å²) in [5, 5.41) is 0. The summed E-state index contributed by atoms with van der Waals surface area (Å²) in [6.07, 6.45) is 0. The molecule has 0 fully saturated rings. The molecule has 0 bridgehead atoms. The second-order valence-corrected chi connectivity index (χ2v) is 3.36. The van der Waals surface area contributed by atoms with Gasteiger partial charge < -0.3 is 10.3 Å². The molecule has 0 aliphatic heterocycles. The number of hydrogen-bond donors (Lipinski definition) is 1. The average molecular weight is 122 g/mol. The maximum absolute atomic E-state index is 9.90. The normalized spacial score (nSPS) is 16.6. The highest BCUT2D eigenvalue weighted by Gasteiger charge is 2.08. The molecule has 0 aliphatic carbocycles. The van der Waals surface area contributed by atoms with E-state index in [1.54, 1.807) is 0 Å². The molecule has 0 amide bonds. The highest BCUT2D eigenvalue weighted by molar-refractivity contribution is 7.80. The molecule has 3 nitrogen and oxygen atoms in total. The summed E-state index contributed by atoms with van der Waals surface area (Å²) in [4.78, 5) is -1.08. The minimum Gasteiger partial charge on any atom is -0.771 e. The van der Waals surface area contributed by atoms with E-state index in [1.165, 1.54) is 13.8 Å². The summed E-state index contributed by atoms with van der Waals surface area (Å²) in [7, 11) is 0. The summed E-state index contributed by atoms with van der Waals surface area (Å²) < 4.78 is 19.8. The minimum atomic E-state index is -2.16. The van der Waals surface area contributed by atoms with Crippen molar-refractivity contribution in [2.45, 2.75) is 18.7 Å². The van der Waals surface area contributed by atoms with Gasteiger partial charge in [-0.2, -0.15) is 0 Å². The van der Waals surface area contributed by atoms with Crippen molar-refractivity contribution in [3.63, 3.8) is 0 Å². The minimum absolute atomic E-state index is 1.08. The Bertz CT molecular complexity index is 85.4. The van der Waals surface area contributed by atoms with Gasteiger partial charge in [0.25, 0.3) is 0 Å². The zero-order chi connectivity index (χ0) is 6.08. The zero-order valence-corrected chi connectivity index (χ0v) is 5.12. The maximum Gasteiger partial charge on any atom is 0.0731 e. The lowest BCUT2D eigenvalue weighted by atomic mass is 10.4. The van der Waals surface area contributed by atoms with E-state index in [0.29, 0.717) is 0 Å². The Morgan fingerprint density at radius 2 is 1.86 bits per heavy atom. The monoisotopic (exact) mass is 122 g/mol. The van der Waals surface area contributed by atoms with Crippen LogP contribution < -0.4 is 5.73 Å². The quantitative estimate of drug-likeness (QED) is 0.479. The predicted octanol–water partition coefficient (Wildman–Crippen LogP) is -0.440. The highest BCUT2D eigenvalue weighted by Crippen LogP contribution is 1.98. The summed E-state index contributed by atoms with van der Waals surface area (Å²) in [6.45, 7) is 2.85. The van der Waals surface area contributed by atoms with Crippen molar-refractivity contribution in [3.8, 4) is 0 Å². The van der Waals surface area contributed by atoms with Crippen molar-refractivity contribution in [1.29, 1.82) is 0 Å². The average Bonchev–Trinajstić information content (AvgIpc) is 1.31. The van der Waals surface area contributed by atoms with Crippen molar-refractivity contribution in [2.75, 3.05) is 0 Å². The number of nitrogens with two attached hydrogens (primary N) is 1. The van der Waals surface area contributed by atoms with Crippen LogP contribution in [-0.4, -0.2) is 13.6 Å². The molecule has 0 saturated heterocycles. The molecule has 0 radical (unpaired) electrons. The van der Waals surface area contributed by atoms with Gasteiger partial charge in [0.15, 0.2) is 0 Å². The molecule has 44 valence electrons. The molecule has 0 saturated carbocycles. The van der Waals surface area contributed by atoms with Gasteiger partial charge in [-0.1, -0.05) is 0 Å². The third-order valence-corrected chi connectivity index (χ3v) is 1.29. The molecule has 0 aliphatic rings. The molecular formula is C3H8NO2S-. The van der Waals surface area contributed by atoms with Gasteiger partial charge in [0.05, 0.1) is 4.87 Å². The largest absolute Gasteiger partial charge is 0.771 e. The lowest BCUT2D eigenvalue weighted by Gasteiger charge is -2.20. The molecule has 0 aromatic carbocycles. The lowest BCUT2D eigenvalue weighted by Crippen LogP contribution is -2.36. The van der Waals surface area contributed by atoms with E-state index in [2.05, 4.69) is 0 Å². The molecule has 4 heteroatoms. The van der Waals surface area contributed by atoms with Crippen LogP contribution in [0.5, 0.6) is 0 Å². The van der Waals surface area contributed by atoms with E-state index in [4.69, 9.17) is 5.73 Å². The van der Waals surface area contributed by atoms with E-state index in [-0.39, 0.29) is 0 Å². The van der Waals surface area contributed by atoms with E-state index in [9.17, 15) is 8.76 Å². The van der Waals surface area contributed by atoms with Crippen LogP contribution in [0, 0.1) is 0 Å². The van der Waals surface area contributed by atoms with Crippen LogP contribution in [0.2, 0.25) is 0 Å². The van der Waals surface area contributed by atoms with Crippen LogP contribution in [0.15, 0.2) is 0 Å². The first kappa shape index (κ1) is 7.07. The standard InChI is InChI=1S/C3H9NO2S/c1-3(2,4)7(5)6/h4H2,1-2H3,(H,5,6)/p-1. The molecule has 0 rings (SSSR count). The van der Waals surface area contributed by atoms with Crippen LogP contribution in [-0.2, 0) is 11.1 Å². The Kier molecular flexibility index (Phi) is 1.92. The Hall–Kier alpha value is 0.0700. The first-order valence-electron chi connectivity index (χ1n) is 1.83. The van der Waals surface area contributed by atoms with Crippen molar-refractivity contribution in [2.24, 2.45) is 5.73 Å². The number of hydrogen-bond acceptors (Lipinski definition) is 3. The smallest absolute Gasteiger partial charge is 0.0731 e. The van der Waals surface area contributed by atoms with Gasteiger partial charge >= 0.3 is 0 Å². The Balaban J connectivity index is 3.79. The van der Waals surface area contributed by atoms with Gasteiger partial charge in [0.1, 0.15) is 0 Å². The third kappa shape index (κ3) is 2.73. The molecule has 1 unspecified atom stereocenters. The van der Waals surface area contributed by atoms with Crippen LogP contribution in [0.1, 0.15) is 13.8 Å². The third-order valence-electron chi connectivity index (χ3n) is 0.430. The van der Waals surface area contributed by atoms with Crippen LogP contribution in [0.4, 0.5) is 0 Å². The lowest BCUT2D eigenvalue weighted by molar-refractivity contribution is 0.499. The number of rotatable bonds is 1. The van der Waals surface area contributed by atoms with Crippen LogP contribution >= 0.6 is 0 Å². The topological polar surface area (TPSA) is 66.2 Å². The first-order valence-corrected chi connectivity index (χ1v) is 2.90. The molecule has 0 aromatic heterocycles. The van der Waals surface area contributed by atoms with E-state index < -0.39 is 16.0 Å². The Morgan fingerprint density at radius 3 is 1.86 bits per heavy atom. The van der Waals surface area contributed by atoms with Gasteiger partial charge in [0, 0.05) is 0 Å². The molecule has 2 N–H and O–H groups in total. The predicted molar refractivity (Wildman–Crippen MR) is 27.2 cm³/mol. The fourth-order valence-corrected chi connectivity index (χ4v) is 0. The summed E-state index contributed by atoms with van der Waals surface area (Å²) >= 11 is -2.16. The molecular weight excluding hydrogens is 114 g/mol. The summed E-state index contributed by atoms with van der Waals surface area (Å²) in [5.74, 6) is 0. The zero-order valence-electron chi connectivity index (χ0n) is 4.30. The van der Waals surface area contributed by atoms with Crippen LogP contribution in [0.25, 0.3) is 0 Å². The van der Waals surface area contributed by atoms with Crippen LogP contribution in [0.3, 0.4) is 0 Å². The van der Waals surface area contributed by atoms with Gasteiger partial charge in [-0.25, -0.2) is 0 Å². The SMILES string of the molecule is CC(C)(N)S(=O)[O-]. The van der Waals surface area contributed by atoms with Crippen molar-refractivity contribution in [3.05, 3.63) is 0 Å². The second-order valence-electron chi connectivity index (χ2n) is 1.84. The Labute approximate surface area is 45.2 Å².